The molecule has 0 atom stereocenters. The fraction of sp³-hybridized carbons (Fsp3) is 0.944. The van der Waals surface area contributed by atoms with E-state index >= 15 is 0 Å². The smallest absolute Gasteiger partial charge is 0.225 e. The standard InChI is InChI=1S/C18H35N3O3S/c1-3-5-14-25(23,24)21-12-8-17(9-13-21)18(22)20-10-6-16(7-11-20)15-19-4-2/h16-17,19H,3-15H2,1-2H3. The molecule has 25 heavy (non-hydrogen) atoms. The van der Waals surface area contributed by atoms with Gasteiger partial charge in [-0.25, -0.2) is 12.7 Å². The van der Waals surface area contributed by atoms with Gasteiger partial charge in [0.25, 0.3) is 0 Å². The van der Waals surface area contributed by atoms with Crippen molar-refractivity contribution in [3.63, 3.8) is 0 Å². The molecule has 0 saturated carbocycles. The van der Waals surface area contributed by atoms with Gasteiger partial charge in [-0.3, -0.25) is 4.79 Å². The summed E-state index contributed by atoms with van der Waals surface area (Å²) in [5.74, 6) is 1.16. The second-order valence-corrected chi connectivity index (χ2v) is 9.51. The second-order valence-electron chi connectivity index (χ2n) is 7.42. The van der Waals surface area contributed by atoms with Gasteiger partial charge in [-0.05, 0) is 51.1 Å². The normalized spacial score (nSPS) is 21.6. The lowest BCUT2D eigenvalue weighted by Crippen LogP contribution is -2.47. The molecule has 1 amide bonds. The molecule has 0 spiro atoms. The molecular formula is C18H35N3O3S. The molecule has 0 aliphatic carbocycles. The summed E-state index contributed by atoms with van der Waals surface area (Å²) < 4.78 is 26.1. The van der Waals surface area contributed by atoms with Crippen molar-refractivity contribution in [2.45, 2.75) is 52.4 Å². The molecule has 146 valence electrons. The summed E-state index contributed by atoms with van der Waals surface area (Å²) in [6.07, 6.45) is 5.08. The molecule has 2 rings (SSSR count). The molecule has 2 saturated heterocycles. The van der Waals surface area contributed by atoms with Crippen LogP contribution in [-0.2, 0) is 14.8 Å². The zero-order valence-corrected chi connectivity index (χ0v) is 16.7. The number of hydrogen-bond acceptors (Lipinski definition) is 4. The van der Waals surface area contributed by atoms with E-state index in [1.807, 2.05) is 11.8 Å². The van der Waals surface area contributed by atoms with Crippen molar-refractivity contribution < 1.29 is 13.2 Å². The molecule has 0 unspecified atom stereocenters. The van der Waals surface area contributed by atoms with Crippen LogP contribution in [0.2, 0.25) is 0 Å². The zero-order valence-electron chi connectivity index (χ0n) is 15.9. The lowest BCUT2D eigenvalue weighted by atomic mass is 9.92. The van der Waals surface area contributed by atoms with Crippen LogP contribution < -0.4 is 5.32 Å². The maximum absolute atomic E-state index is 12.7. The van der Waals surface area contributed by atoms with E-state index in [1.165, 1.54) is 0 Å². The number of piperidine rings is 2. The summed E-state index contributed by atoms with van der Waals surface area (Å²) in [7, 11) is -3.13. The van der Waals surface area contributed by atoms with Gasteiger partial charge in [-0.15, -0.1) is 0 Å². The van der Waals surface area contributed by atoms with E-state index in [4.69, 9.17) is 0 Å². The van der Waals surface area contributed by atoms with Gasteiger partial charge in [0.2, 0.25) is 15.9 Å². The second kappa shape index (κ2) is 9.88. The fourth-order valence-electron chi connectivity index (χ4n) is 3.80. The van der Waals surface area contributed by atoms with Gasteiger partial charge in [-0.2, -0.15) is 0 Å². The Morgan fingerprint density at radius 2 is 1.68 bits per heavy atom. The summed E-state index contributed by atoms with van der Waals surface area (Å²) in [5.41, 5.74) is 0. The predicted molar refractivity (Wildman–Crippen MR) is 101 cm³/mol. The van der Waals surface area contributed by atoms with Gasteiger partial charge in [0.05, 0.1) is 5.75 Å². The number of nitrogens with one attached hydrogen (secondary N) is 1. The van der Waals surface area contributed by atoms with E-state index in [9.17, 15) is 13.2 Å². The highest BCUT2D eigenvalue weighted by Crippen LogP contribution is 2.25. The van der Waals surface area contributed by atoms with Crippen LogP contribution in [0.3, 0.4) is 0 Å². The highest BCUT2D eigenvalue weighted by molar-refractivity contribution is 7.89. The lowest BCUT2D eigenvalue weighted by molar-refractivity contribution is -0.138. The summed E-state index contributed by atoms with van der Waals surface area (Å²) in [6, 6.07) is 0. The largest absolute Gasteiger partial charge is 0.342 e. The predicted octanol–water partition coefficient (Wildman–Crippen LogP) is 1.68. The van der Waals surface area contributed by atoms with E-state index in [0.29, 0.717) is 38.3 Å². The first-order chi connectivity index (χ1) is 12.0. The average Bonchev–Trinajstić information content (AvgIpc) is 2.64. The van der Waals surface area contributed by atoms with Crippen LogP contribution in [0.25, 0.3) is 0 Å². The zero-order chi connectivity index (χ0) is 18.3. The van der Waals surface area contributed by atoms with Crippen LogP contribution in [0.1, 0.15) is 52.4 Å². The fourth-order valence-corrected chi connectivity index (χ4v) is 5.48. The molecular weight excluding hydrogens is 338 g/mol. The Bertz CT molecular complexity index is 508. The van der Waals surface area contributed by atoms with Crippen molar-refractivity contribution in [1.82, 2.24) is 14.5 Å². The maximum Gasteiger partial charge on any atom is 0.225 e. The number of sulfonamides is 1. The average molecular weight is 374 g/mol. The monoisotopic (exact) mass is 373 g/mol. The Labute approximate surface area is 153 Å². The van der Waals surface area contributed by atoms with Crippen molar-refractivity contribution in [3.8, 4) is 0 Å². The highest BCUT2D eigenvalue weighted by Gasteiger charge is 2.33. The SMILES string of the molecule is CCCCS(=O)(=O)N1CCC(C(=O)N2CCC(CNCC)CC2)CC1. The number of unbranched alkanes of at least 4 members (excludes halogenated alkanes) is 1. The third-order valence-electron chi connectivity index (χ3n) is 5.56. The first-order valence-electron chi connectivity index (χ1n) is 9.95. The molecule has 0 aromatic rings. The van der Waals surface area contributed by atoms with E-state index in [1.54, 1.807) is 4.31 Å². The van der Waals surface area contributed by atoms with Gasteiger partial charge in [0.15, 0.2) is 0 Å². The van der Waals surface area contributed by atoms with Crippen LogP contribution in [0, 0.1) is 11.8 Å². The topological polar surface area (TPSA) is 69.7 Å². The number of carbonyl (C=O) groups is 1. The van der Waals surface area contributed by atoms with Crippen LogP contribution in [0.4, 0.5) is 0 Å². The Hall–Kier alpha value is -0.660. The number of hydrogen-bond donors (Lipinski definition) is 1. The third kappa shape index (κ3) is 5.93. The molecule has 0 radical (unpaired) electrons. The van der Waals surface area contributed by atoms with Crippen molar-refractivity contribution in [1.29, 1.82) is 0 Å². The number of carbonyl (C=O) groups excluding carboxylic acids is 1. The first kappa shape index (κ1) is 20.6. The molecule has 2 aliphatic heterocycles. The number of nitrogens with zero attached hydrogens (tertiary/aromatic N) is 2. The Morgan fingerprint density at radius 1 is 1.04 bits per heavy atom. The molecule has 6 nitrogen and oxygen atoms in total. The van der Waals surface area contributed by atoms with Gasteiger partial charge in [-0.1, -0.05) is 20.3 Å². The quantitative estimate of drug-likeness (QED) is 0.703. The van der Waals surface area contributed by atoms with Crippen molar-refractivity contribution in [2.24, 2.45) is 11.8 Å². The molecule has 0 aromatic heterocycles. The van der Waals surface area contributed by atoms with Crippen molar-refractivity contribution in [3.05, 3.63) is 0 Å². The third-order valence-corrected chi connectivity index (χ3v) is 7.52. The maximum atomic E-state index is 12.7. The summed E-state index contributed by atoms with van der Waals surface area (Å²) in [4.78, 5) is 14.8. The molecule has 2 aliphatic rings. The Morgan fingerprint density at radius 3 is 2.24 bits per heavy atom. The summed E-state index contributed by atoms with van der Waals surface area (Å²) in [6.45, 7) is 8.87. The van der Waals surface area contributed by atoms with Crippen LogP contribution in [0.15, 0.2) is 0 Å². The van der Waals surface area contributed by atoms with Crippen LogP contribution in [0.5, 0.6) is 0 Å². The number of likely N-dealkylation sites (tertiary alicyclic amines) is 1. The number of amides is 1. The van der Waals surface area contributed by atoms with Crippen molar-refractivity contribution >= 4 is 15.9 Å². The van der Waals surface area contributed by atoms with Crippen LogP contribution in [-0.4, -0.2) is 68.6 Å². The van der Waals surface area contributed by atoms with E-state index < -0.39 is 10.0 Å². The highest BCUT2D eigenvalue weighted by atomic mass is 32.2. The minimum Gasteiger partial charge on any atom is -0.342 e. The molecule has 0 aromatic carbocycles. The number of rotatable bonds is 8. The molecule has 1 N–H and O–H groups in total. The Kier molecular flexibility index (Phi) is 8.16. The van der Waals surface area contributed by atoms with Gasteiger partial charge >= 0.3 is 0 Å². The van der Waals surface area contributed by atoms with Gasteiger partial charge < -0.3 is 10.2 Å². The van der Waals surface area contributed by atoms with E-state index in [0.717, 1.165) is 45.4 Å². The van der Waals surface area contributed by atoms with Crippen LogP contribution >= 0.6 is 0 Å². The van der Waals surface area contributed by atoms with E-state index in [2.05, 4.69) is 12.2 Å². The summed E-state index contributed by atoms with van der Waals surface area (Å²) in [5, 5.41) is 3.39. The van der Waals surface area contributed by atoms with Gasteiger partial charge in [0.1, 0.15) is 0 Å². The molecule has 7 heteroatoms. The minimum absolute atomic E-state index is 0.00272. The molecule has 2 fully saturated rings. The molecule has 0 bridgehead atoms. The van der Waals surface area contributed by atoms with Crippen molar-refractivity contribution in [2.75, 3.05) is 45.0 Å². The minimum atomic E-state index is -3.13. The van der Waals surface area contributed by atoms with E-state index in [-0.39, 0.29) is 17.6 Å². The van der Waals surface area contributed by atoms with Gasteiger partial charge in [0, 0.05) is 32.1 Å². The lowest BCUT2D eigenvalue weighted by Gasteiger charge is -2.37. The first-order valence-corrected chi connectivity index (χ1v) is 11.6. The summed E-state index contributed by atoms with van der Waals surface area (Å²) >= 11 is 0. The molecule has 2 heterocycles. The Balaban J connectivity index is 1.76.